The van der Waals surface area contributed by atoms with E-state index in [1.165, 1.54) is 24.4 Å². The third kappa shape index (κ3) is 5.51. The SMILES string of the molecule is CCN(CC)CCNC(=O)Cn1cc(S(=O)(=O)Cc2ccccc2F)c2ccccc21. The Labute approximate surface area is 182 Å². The molecule has 0 aliphatic carbocycles. The number of amides is 1. The van der Waals surface area contributed by atoms with Crippen LogP contribution in [-0.4, -0.2) is 50.0 Å². The summed E-state index contributed by atoms with van der Waals surface area (Å²) in [6, 6.07) is 12.9. The molecular formula is C23H28FN3O3S. The van der Waals surface area contributed by atoms with E-state index >= 15 is 0 Å². The van der Waals surface area contributed by atoms with E-state index in [-0.39, 0.29) is 22.9 Å². The van der Waals surface area contributed by atoms with Crippen LogP contribution in [0.2, 0.25) is 0 Å². The fraction of sp³-hybridized carbons (Fsp3) is 0.348. The van der Waals surface area contributed by atoms with Crippen molar-refractivity contribution < 1.29 is 17.6 Å². The van der Waals surface area contributed by atoms with E-state index in [0.29, 0.717) is 17.4 Å². The molecule has 31 heavy (non-hydrogen) atoms. The monoisotopic (exact) mass is 445 g/mol. The zero-order chi connectivity index (χ0) is 22.4. The van der Waals surface area contributed by atoms with Gasteiger partial charge in [-0.2, -0.15) is 0 Å². The third-order valence-electron chi connectivity index (χ3n) is 5.35. The van der Waals surface area contributed by atoms with Gasteiger partial charge in [0.25, 0.3) is 0 Å². The number of sulfone groups is 1. The highest BCUT2D eigenvalue weighted by atomic mass is 32.2. The molecule has 2 aromatic carbocycles. The molecule has 0 aliphatic heterocycles. The molecule has 166 valence electrons. The van der Waals surface area contributed by atoms with Gasteiger partial charge in [0.05, 0.1) is 10.6 Å². The zero-order valence-corrected chi connectivity index (χ0v) is 18.7. The first-order valence-electron chi connectivity index (χ1n) is 10.4. The molecule has 0 fully saturated rings. The minimum atomic E-state index is -3.81. The molecule has 1 amide bonds. The van der Waals surface area contributed by atoms with Crippen LogP contribution in [0.5, 0.6) is 0 Å². The van der Waals surface area contributed by atoms with Gasteiger partial charge in [-0.3, -0.25) is 4.79 Å². The summed E-state index contributed by atoms with van der Waals surface area (Å²) < 4.78 is 41.9. The summed E-state index contributed by atoms with van der Waals surface area (Å²) in [4.78, 5) is 14.8. The Bertz CT molecular complexity index is 1150. The number of hydrogen-bond donors (Lipinski definition) is 1. The van der Waals surface area contributed by atoms with Crippen molar-refractivity contribution in [2.75, 3.05) is 26.2 Å². The van der Waals surface area contributed by atoms with E-state index in [0.717, 1.165) is 19.6 Å². The highest BCUT2D eigenvalue weighted by Crippen LogP contribution is 2.28. The maximum absolute atomic E-state index is 14.0. The molecule has 1 heterocycles. The highest BCUT2D eigenvalue weighted by Gasteiger charge is 2.23. The molecule has 8 heteroatoms. The Morgan fingerprint density at radius 3 is 2.45 bits per heavy atom. The van der Waals surface area contributed by atoms with Crippen molar-refractivity contribution in [3.63, 3.8) is 0 Å². The van der Waals surface area contributed by atoms with Crippen molar-refractivity contribution in [3.8, 4) is 0 Å². The molecule has 0 saturated heterocycles. The van der Waals surface area contributed by atoms with Gasteiger partial charge in [-0.15, -0.1) is 0 Å². The van der Waals surface area contributed by atoms with E-state index in [9.17, 15) is 17.6 Å². The number of carbonyl (C=O) groups is 1. The standard InChI is InChI=1S/C23H28FN3O3S/c1-3-26(4-2)14-13-25-23(28)16-27-15-22(19-10-6-8-12-21(19)27)31(29,30)17-18-9-5-7-11-20(18)24/h5-12,15H,3-4,13-14,16-17H2,1-2H3,(H,25,28). The van der Waals surface area contributed by atoms with Crippen LogP contribution >= 0.6 is 0 Å². The van der Waals surface area contributed by atoms with Crippen LogP contribution in [0, 0.1) is 5.82 Å². The number of halogens is 1. The Hall–Kier alpha value is -2.71. The number of benzene rings is 2. The molecule has 0 saturated carbocycles. The van der Waals surface area contributed by atoms with Gasteiger partial charge in [0.15, 0.2) is 9.84 Å². The molecule has 3 aromatic rings. The van der Waals surface area contributed by atoms with E-state index in [1.807, 2.05) is 0 Å². The van der Waals surface area contributed by atoms with Gasteiger partial charge in [-0.25, -0.2) is 12.8 Å². The molecule has 0 atom stereocenters. The van der Waals surface area contributed by atoms with E-state index < -0.39 is 21.4 Å². The first-order valence-corrected chi connectivity index (χ1v) is 12.0. The normalized spacial score (nSPS) is 11.9. The van der Waals surface area contributed by atoms with Crippen molar-refractivity contribution >= 4 is 26.6 Å². The average molecular weight is 446 g/mol. The minimum Gasteiger partial charge on any atom is -0.353 e. The number of likely N-dealkylation sites (N-methyl/N-ethyl adjacent to an activating group) is 1. The van der Waals surface area contributed by atoms with Crippen LogP contribution < -0.4 is 5.32 Å². The van der Waals surface area contributed by atoms with Crippen LogP contribution in [0.4, 0.5) is 4.39 Å². The summed E-state index contributed by atoms with van der Waals surface area (Å²) in [6.07, 6.45) is 1.48. The largest absolute Gasteiger partial charge is 0.353 e. The number of para-hydroxylation sites is 1. The molecule has 1 N–H and O–H groups in total. The number of nitrogens with one attached hydrogen (secondary N) is 1. The lowest BCUT2D eigenvalue weighted by Crippen LogP contribution is -2.36. The summed E-state index contributed by atoms with van der Waals surface area (Å²) >= 11 is 0. The fourth-order valence-corrected chi connectivity index (χ4v) is 5.19. The quantitative estimate of drug-likeness (QED) is 0.520. The Balaban J connectivity index is 1.82. The molecular weight excluding hydrogens is 417 g/mol. The topological polar surface area (TPSA) is 71.4 Å². The third-order valence-corrected chi connectivity index (χ3v) is 7.04. The minimum absolute atomic E-state index is 0.00792. The molecule has 0 unspecified atom stereocenters. The number of fused-ring (bicyclic) bond motifs is 1. The summed E-state index contributed by atoms with van der Waals surface area (Å²) in [5, 5.41) is 3.41. The Morgan fingerprint density at radius 1 is 1.06 bits per heavy atom. The molecule has 6 nitrogen and oxygen atoms in total. The number of nitrogens with zero attached hydrogens (tertiary/aromatic N) is 2. The predicted molar refractivity (Wildman–Crippen MR) is 120 cm³/mol. The van der Waals surface area contributed by atoms with Crippen molar-refractivity contribution in [2.24, 2.45) is 0 Å². The lowest BCUT2D eigenvalue weighted by Gasteiger charge is -2.18. The lowest BCUT2D eigenvalue weighted by atomic mass is 10.2. The molecule has 3 rings (SSSR count). The fourth-order valence-electron chi connectivity index (χ4n) is 3.59. The van der Waals surface area contributed by atoms with Gasteiger partial charge >= 0.3 is 0 Å². The van der Waals surface area contributed by atoms with Crippen LogP contribution in [0.25, 0.3) is 10.9 Å². The first-order chi connectivity index (χ1) is 14.9. The number of carbonyl (C=O) groups excluding carboxylic acids is 1. The van der Waals surface area contributed by atoms with Crippen molar-refractivity contribution in [2.45, 2.75) is 31.0 Å². The number of aromatic nitrogens is 1. The predicted octanol–water partition coefficient (Wildman–Crippen LogP) is 3.21. The molecule has 1 aromatic heterocycles. The van der Waals surface area contributed by atoms with Crippen molar-refractivity contribution in [3.05, 3.63) is 66.1 Å². The van der Waals surface area contributed by atoms with Gasteiger partial charge in [-0.05, 0) is 25.2 Å². The first kappa shape index (κ1) is 23.0. The van der Waals surface area contributed by atoms with E-state index in [4.69, 9.17) is 0 Å². The van der Waals surface area contributed by atoms with Crippen LogP contribution in [0.3, 0.4) is 0 Å². The van der Waals surface area contributed by atoms with Gasteiger partial charge in [0.1, 0.15) is 12.4 Å². The zero-order valence-electron chi connectivity index (χ0n) is 17.8. The number of rotatable bonds is 10. The van der Waals surface area contributed by atoms with Gasteiger partial charge < -0.3 is 14.8 Å². The Morgan fingerprint density at radius 2 is 1.74 bits per heavy atom. The average Bonchev–Trinajstić information content (AvgIpc) is 3.12. The summed E-state index contributed by atoms with van der Waals surface area (Å²) in [5.74, 6) is -1.18. The number of hydrogen-bond acceptors (Lipinski definition) is 4. The van der Waals surface area contributed by atoms with E-state index in [1.54, 1.807) is 34.9 Å². The second-order valence-corrected chi connectivity index (χ2v) is 9.32. The summed E-state index contributed by atoms with van der Waals surface area (Å²) in [6.45, 7) is 7.26. The van der Waals surface area contributed by atoms with Gasteiger partial charge in [0, 0.05) is 35.8 Å². The Kier molecular flexibility index (Phi) is 7.46. The second-order valence-electron chi connectivity index (χ2n) is 7.37. The van der Waals surface area contributed by atoms with Crippen LogP contribution in [-0.2, 0) is 26.9 Å². The highest BCUT2D eigenvalue weighted by molar-refractivity contribution is 7.90. The smallest absolute Gasteiger partial charge is 0.239 e. The molecule has 0 aliphatic rings. The maximum atomic E-state index is 14.0. The second kappa shape index (κ2) is 10.1. The summed E-state index contributed by atoms with van der Waals surface area (Å²) in [7, 11) is -3.81. The lowest BCUT2D eigenvalue weighted by molar-refractivity contribution is -0.121. The molecule has 0 radical (unpaired) electrons. The van der Waals surface area contributed by atoms with Crippen molar-refractivity contribution in [1.82, 2.24) is 14.8 Å². The van der Waals surface area contributed by atoms with Crippen LogP contribution in [0.1, 0.15) is 19.4 Å². The molecule has 0 spiro atoms. The maximum Gasteiger partial charge on any atom is 0.239 e. The van der Waals surface area contributed by atoms with Gasteiger partial charge in [-0.1, -0.05) is 50.2 Å². The van der Waals surface area contributed by atoms with E-state index in [2.05, 4.69) is 24.1 Å². The van der Waals surface area contributed by atoms with Gasteiger partial charge in [0.2, 0.25) is 5.91 Å². The summed E-state index contributed by atoms with van der Waals surface area (Å²) in [5.41, 5.74) is 0.766. The molecule has 0 bridgehead atoms. The van der Waals surface area contributed by atoms with Crippen LogP contribution in [0.15, 0.2) is 59.6 Å². The van der Waals surface area contributed by atoms with Crippen molar-refractivity contribution in [1.29, 1.82) is 0 Å².